The Morgan fingerprint density at radius 2 is 1.50 bits per heavy atom. The lowest BCUT2D eigenvalue weighted by molar-refractivity contribution is -0.131. The molecule has 3 amide bonds. The third-order valence-electron chi connectivity index (χ3n) is 2.09. The minimum absolute atomic E-state index is 0.199. The molecular weight excluding hydrogens is 210 g/mol. The Balaban J connectivity index is 4.15. The van der Waals surface area contributed by atoms with Gasteiger partial charge in [-0.3, -0.25) is 14.4 Å². The summed E-state index contributed by atoms with van der Waals surface area (Å²) in [6, 6.07) is -1.25. The first-order valence-corrected chi connectivity index (χ1v) is 5.23. The van der Waals surface area contributed by atoms with Crippen molar-refractivity contribution in [3.63, 3.8) is 0 Å². The number of nitrogens with one attached hydrogen (secondary N) is 3. The highest BCUT2D eigenvalue weighted by Crippen LogP contribution is 1.88. The van der Waals surface area contributed by atoms with E-state index in [2.05, 4.69) is 16.0 Å². The van der Waals surface area contributed by atoms with E-state index < -0.39 is 12.1 Å². The van der Waals surface area contributed by atoms with Crippen molar-refractivity contribution in [2.24, 2.45) is 0 Å². The van der Waals surface area contributed by atoms with Crippen LogP contribution in [0, 0.1) is 0 Å². The predicted octanol–water partition coefficient (Wildman–Crippen LogP) is -0.848. The summed E-state index contributed by atoms with van der Waals surface area (Å²) in [4.78, 5) is 33.7. The van der Waals surface area contributed by atoms with Crippen LogP contribution in [-0.2, 0) is 14.4 Å². The molecule has 16 heavy (non-hydrogen) atoms. The molecule has 6 heteroatoms. The maximum absolute atomic E-state index is 11.5. The molecule has 6 nitrogen and oxygen atoms in total. The number of hydrogen-bond donors (Lipinski definition) is 3. The molecular formula is C10H19N3O3. The van der Waals surface area contributed by atoms with Gasteiger partial charge in [0.25, 0.3) is 0 Å². The minimum Gasteiger partial charge on any atom is -0.357 e. The van der Waals surface area contributed by atoms with Crippen LogP contribution in [-0.4, -0.2) is 36.9 Å². The van der Waals surface area contributed by atoms with Crippen LogP contribution in [0.25, 0.3) is 0 Å². The first-order chi connectivity index (χ1) is 7.42. The van der Waals surface area contributed by atoms with E-state index in [1.165, 1.54) is 7.05 Å². The van der Waals surface area contributed by atoms with E-state index in [9.17, 15) is 14.4 Å². The van der Waals surface area contributed by atoms with Crippen molar-refractivity contribution in [1.82, 2.24) is 16.0 Å². The Hall–Kier alpha value is -1.59. The second-order valence-electron chi connectivity index (χ2n) is 3.49. The largest absolute Gasteiger partial charge is 0.357 e. The molecule has 0 aliphatic rings. The second-order valence-corrected chi connectivity index (χ2v) is 3.49. The standard InChI is InChI=1S/C10H19N3O3/c1-5-8(14)12-7(3)10(16)13-6(2)9(15)11-4/h6-7H,5H2,1-4H3,(H,11,15)(H,12,14)(H,13,16). The maximum atomic E-state index is 11.5. The van der Waals surface area contributed by atoms with E-state index in [0.29, 0.717) is 6.42 Å². The summed E-state index contributed by atoms with van der Waals surface area (Å²) >= 11 is 0. The quantitative estimate of drug-likeness (QED) is 0.574. The number of rotatable bonds is 5. The lowest BCUT2D eigenvalue weighted by Crippen LogP contribution is -2.51. The minimum atomic E-state index is -0.639. The van der Waals surface area contributed by atoms with Crippen LogP contribution >= 0.6 is 0 Å². The second kappa shape index (κ2) is 6.81. The zero-order chi connectivity index (χ0) is 12.7. The molecule has 0 bridgehead atoms. The third kappa shape index (κ3) is 4.77. The Kier molecular flexibility index (Phi) is 6.14. The van der Waals surface area contributed by atoms with Gasteiger partial charge in [0.15, 0.2) is 0 Å². The average molecular weight is 229 g/mol. The Morgan fingerprint density at radius 3 is 1.94 bits per heavy atom. The molecule has 0 aromatic carbocycles. The molecule has 0 radical (unpaired) electrons. The molecule has 0 spiro atoms. The number of carbonyl (C=O) groups excluding carboxylic acids is 3. The monoisotopic (exact) mass is 229 g/mol. The summed E-state index contributed by atoms with van der Waals surface area (Å²) in [5.41, 5.74) is 0. The first-order valence-electron chi connectivity index (χ1n) is 5.23. The highest BCUT2D eigenvalue weighted by Gasteiger charge is 2.19. The van der Waals surface area contributed by atoms with Gasteiger partial charge in [0.2, 0.25) is 17.7 Å². The lowest BCUT2D eigenvalue weighted by Gasteiger charge is -2.17. The van der Waals surface area contributed by atoms with Gasteiger partial charge >= 0.3 is 0 Å². The van der Waals surface area contributed by atoms with Gasteiger partial charge in [-0.2, -0.15) is 0 Å². The summed E-state index contributed by atoms with van der Waals surface area (Å²) in [6.45, 7) is 4.84. The van der Waals surface area contributed by atoms with E-state index in [4.69, 9.17) is 0 Å². The molecule has 0 aromatic heterocycles. The Labute approximate surface area is 95.2 Å². The van der Waals surface area contributed by atoms with Crippen molar-refractivity contribution in [3.05, 3.63) is 0 Å². The van der Waals surface area contributed by atoms with Gasteiger partial charge < -0.3 is 16.0 Å². The smallest absolute Gasteiger partial charge is 0.242 e. The summed E-state index contributed by atoms with van der Waals surface area (Å²) in [5.74, 6) is -0.851. The molecule has 0 aromatic rings. The van der Waals surface area contributed by atoms with Crippen molar-refractivity contribution in [2.75, 3.05) is 7.05 Å². The van der Waals surface area contributed by atoms with E-state index in [0.717, 1.165) is 0 Å². The third-order valence-corrected chi connectivity index (χ3v) is 2.09. The number of hydrogen-bond acceptors (Lipinski definition) is 3. The zero-order valence-electron chi connectivity index (χ0n) is 10.1. The van der Waals surface area contributed by atoms with Crippen LogP contribution in [0.2, 0.25) is 0 Å². The van der Waals surface area contributed by atoms with Gasteiger partial charge in [-0.05, 0) is 13.8 Å². The number of amides is 3. The van der Waals surface area contributed by atoms with Crippen LogP contribution in [0.4, 0.5) is 0 Å². The first kappa shape index (κ1) is 14.4. The van der Waals surface area contributed by atoms with E-state index in [-0.39, 0.29) is 17.7 Å². The van der Waals surface area contributed by atoms with Crippen molar-refractivity contribution in [2.45, 2.75) is 39.3 Å². The zero-order valence-corrected chi connectivity index (χ0v) is 10.1. The van der Waals surface area contributed by atoms with Gasteiger partial charge in [0.1, 0.15) is 12.1 Å². The van der Waals surface area contributed by atoms with Gasteiger partial charge in [-0.1, -0.05) is 6.92 Å². The van der Waals surface area contributed by atoms with Crippen LogP contribution < -0.4 is 16.0 Å². The highest BCUT2D eigenvalue weighted by atomic mass is 16.2. The van der Waals surface area contributed by atoms with E-state index in [1.54, 1.807) is 20.8 Å². The normalized spacial score (nSPS) is 13.5. The molecule has 0 heterocycles. The number of likely N-dealkylation sites (N-methyl/N-ethyl adjacent to an activating group) is 1. The fraction of sp³-hybridized carbons (Fsp3) is 0.700. The Morgan fingerprint density at radius 1 is 1.00 bits per heavy atom. The summed E-state index contributed by atoms with van der Waals surface area (Å²) in [5, 5.41) is 7.42. The summed E-state index contributed by atoms with van der Waals surface area (Å²) in [6.07, 6.45) is 0.322. The van der Waals surface area contributed by atoms with Gasteiger partial charge in [-0.25, -0.2) is 0 Å². The fourth-order valence-corrected chi connectivity index (χ4v) is 1.03. The topological polar surface area (TPSA) is 87.3 Å². The molecule has 0 aliphatic carbocycles. The predicted molar refractivity (Wildman–Crippen MR) is 59.6 cm³/mol. The molecule has 2 unspecified atom stereocenters. The SMILES string of the molecule is CCC(=O)NC(C)C(=O)NC(C)C(=O)NC. The molecule has 2 atom stereocenters. The lowest BCUT2D eigenvalue weighted by atomic mass is 10.2. The fourth-order valence-electron chi connectivity index (χ4n) is 1.03. The molecule has 0 saturated carbocycles. The van der Waals surface area contributed by atoms with Crippen LogP contribution in [0.15, 0.2) is 0 Å². The Bertz CT molecular complexity index is 278. The molecule has 0 saturated heterocycles. The average Bonchev–Trinajstić information content (AvgIpc) is 2.27. The highest BCUT2D eigenvalue weighted by molar-refractivity contribution is 5.91. The van der Waals surface area contributed by atoms with Crippen LogP contribution in [0.5, 0.6) is 0 Å². The van der Waals surface area contributed by atoms with Crippen molar-refractivity contribution in [3.8, 4) is 0 Å². The van der Waals surface area contributed by atoms with Crippen molar-refractivity contribution >= 4 is 17.7 Å². The van der Waals surface area contributed by atoms with Crippen LogP contribution in [0.3, 0.4) is 0 Å². The molecule has 0 aliphatic heterocycles. The van der Waals surface area contributed by atoms with Gasteiger partial charge in [-0.15, -0.1) is 0 Å². The van der Waals surface area contributed by atoms with Crippen molar-refractivity contribution in [1.29, 1.82) is 0 Å². The summed E-state index contributed by atoms with van der Waals surface area (Å²) < 4.78 is 0. The molecule has 0 fully saturated rings. The van der Waals surface area contributed by atoms with Crippen molar-refractivity contribution < 1.29 is 14.4 Å². The van der Waals surface area contributed by atoms with Gasteiger partial charge in [0.05, 0.1) is 0 Å². The summed E-state index contributed by atoms with van der Waals surface area (Å²) in [7, 11) is 1.49. The van der Waals surface area contributed by atoms with E-state index in [1.807, 2.05) is 0 Å². The maximum Gasteiger partial charge on any atom is 0.242 e. The van der Waals surface area contributed by atoms with Crippen LogP contribution in [0.1, 0.15) is 27.2 Å². The molecule has 92 valence electrons. The number of carbonyl (C=O) groups is 3. The van der Waals surface area contributed by atoms with E-state index >= 15 is 0 Å². The molecule has 3 N–H and O–H groups in total. The molecule has 0 rings (SSSR count). The van der Waals surface area contributed by atoms with Gasteiger partial charge in [0, 0.05) is 13.5 Å².